The molecule has 0 radical (unpaired) electrons. The van der Waals surface area contributed by atoms with E-state index < -0.39 is 26.6 Å². The minimum atomic E-state index is -4.28. The van der Waals surface area contributed by atoms with Gasteiger partial charge in [0.15, 0.2) is 4.90 Å². The summed E-state index contributed by atoms with van der Waals surface area (Å²) in [7, 11) is -4.28. The normalized spacial score (nSPS) is 23.5. The van der Waals surface area contributed by atoms with Crippen LogP contribution in [0.1, 0.15) is 12.8 Å². The fourth-order valence-corrected chi connectivity index (χ4v) is 4.88. The molecule has 3 rings (SSSR count). The number of nitrogens with one attached hydrogen (secondary N) is 1. The largest absolute Gasteiger partial charge is 0.336 e. The summed E-state index contributed by atoms with van der Waals surface area (Å²) in [6.07, 6.45) is 1.22. The van der Waals surface area contributed by atoms with Gasteiger partial charge in [-0.3, -0.25) is 4.79 Å². The zero-order valence-electron chi connectivity index (χ0n) is 13.0. The fourth-order valence-electron chi connectivity index (χ4n) is 3.26. The molecule has 2 saturated heterocycles. The Labute approximate surface area is 139 Å². The molecule has 1 unspecified atom stereocenters. The number of piperazine rings is 1. The van der Waals surface area contributed by atoms with Gasteiger partial charge in [-0.25, -0.2) is 17.2 Å². The van der Waals surface area contributed by atoms with E-state index in [1.54, 1.807) is 4.90 Å². The molecule has 1 atom stereocenters. The number of nitrogens with zero attached hydrogens (tertiary/aromatic N) is 2. The van der Waals surface area contributed by atoms with E-state index in [-0.39, 0.29) is 31.6 Å². The predicted molar refractivity (Wildman–Crippen MR) is 82.7 cm³/mol. The van der Waals surface area contributed by atoms with Crippen molar-refractivity contribution in [1.29, 1.82) is 0 Å². The van der Waals surface area contributed by atoms with Crippen molar-refractivity contribution in [2.45, 2.75) is 23.8 Å². The second kappa shape index (κ2) is 6.73. The van der Waals surface area contributed by atoms with Crippen LogP contribution < -0.4 is 5.32 Å². The van der Waals surface area contributed by atoms with Gasteiger partial charge in [0.05, 0.1) is 6.54 Å². The minimum absolute atomic E-state index is 0.0574. The van der Waals surface area contributed by atoms with Crippen molar-refractivity contribution in [2.75, 3.05) is 32.7 Å². The van der Waals surface area contributed by atoms with Crippen LogP contribution in [0, 0.1) is 11.6 Å². The van der Waals surface area contributed by atoms with Crippen LogP contribution in [-0.2, 0) is 14.8 Å². The summed E-state index contributed by atoms with van der Waals surface area (Å²) in [5.41, 5.74) is 0. The Hall–Kier alpha value is -1.58. The smallest absolute Gasteiger partial charge is 0.248 e. The lowest BCUT2D eigenvalue weighted by Gasteiger charge is -2.40. The van der Waals surface area contributed by atoms with Crippen LogP contribution in [0.4, 0.5) is 8.78 Å². The molecule has 132 valence electrons. The van der Waals surface area contributed by atoms with Gasteiger partial charge in [0, 0.05) is 32.2 Å². The number of benzene rings is 1. The maximum absolute atomic E-state index is 13.9. The molecule has 24 heavy (non-hydrogen) atoms. The van der Waals surface area contributed by atoms with Crippen LogP contribution in [-0.4, -0.2) is 62.3 Å². The zero-order chi connectivity index (χ0) is 17.3. The van der Waals surface area contributed by atoms with E-state index in [1.807, 2.05) is 0 Å². The molecule has 9 heteroatoms. The number of carbonyl (C=O) groups excluding carboxylic acids is 1. The van der Waals surface area contributed by atoms with Crippen molar-refractivity contribution in [1.82, 2.24) is 14.5 Å². The predicted octanol–water partition coefficient (Wildman–Crippen LogP) is 0.550. The first-order valence-electron chi connectivity index (χ1n) is 7.85. The van der Waals surface area contributed by atoms with E-state index >= 15 is 0 Å². The number of hydrogen-bond donors (Lipinski definition) is 1. The van der Waals surface area contributed by atoms with Gasteiger partial charge in [-0.1, -0.05) is 6.07 Å². The summed E-state index contributed by atoms with van der Waals surface area (Å²) in [4.78, 5) is 12.7. The van der Waals surface area contributed by atoms with Gasteiger partial charge in [-0.05, 0) is 25.0 Å². The SMILES string of the molecule is O=C1CNCCN1C1CCCN(S(=O)(=O)c2c(F)cccc2F)C1. The minimum Gasteiger partial charge on any atom is -0.336 e. The van der Waals surface area contributed by atoms with Gasteiger partial charge in [0.2, 0.25) is 15.9 Å². The number of sulfonamides is 1. The van der Waals surface area contributed by atoms with Crippen LogP contribution in [0.2, 0.25) is 0 Å². The van der Waals surface area contributed by atoms with Crippen molar-refractivity contribution in [3.63, 3.8) is 0 Å². The lowest BCUT2D eigenvalue weighted by molar-refractivity contribution is -0.135. The molecule has 0 bridgehead atoms. The number of rotatable bonds is 3. The number of hydrogen-bond acceptors (Lipinski definition) is 4. The summed E-state index contributed by atoms with van der Waals surface area (Å²) in [5, 5.41) is 2.96. The Balaban J connectivity index is 1.85. The van der Waals surface area contributed by atoms with Gasteiger partial charge in [0.25, 0.3) is 0 Å². The van der Waals surface area contributed by atoms with Gasteiger partial charge < -0.3 is 10.2 Å². The van der Waals surface area contributed by atoms with E-state index in [9.17, 15) is 22.0 Å². The van der Waals surface area contributed by atoms with E-state index in [2.05, 4.69) is 5.32 Å². The third-order valence-corrected chi connectivity index (χ3v) is 6.36. The lowest BCUT2D eigenvalue weighted by Crippen LogP contribution is -2.57. The maximum Gasteiger partial charge on any atom is 0.248 e. The molecule has 0 saturated carbocycles. The molecule has 2 aliphatic rings. The second-order valence-corrected chi connectivity index (χ2v) is 7.85. The first-order valence-corrected chi connectivity index (χ1v) is 9.29. The van der Waals surface area contributed by atoms with Crippen molar-refractivity contribution in [2.24, 2.45) is 0 Å². The number of amides is 1. The average molecular weight is 359 g/mol. The summed E-state index contributed by atoms with van der Waals surface area (Å²) >= 11 is 0. The zero-order valence-corrected chi connectivity index (χ0v) is 13.9. The van der Waals surface area contributed by atoms with Gasteiger partial charge in [0.1, 0.15) is 11.6 Å². The second-order valence-electron chi connectivity index (χ2n) is 5.97. The maximum atomic E-state index is 13.9. The lowest BCUT2D eigenvalue weighted by atomic mass is 10.1. The third kappa shape index (κ3) is 3.15. The molecule has 2 aliphatic heterocycles. The molecular formula is C15H19F2N3O3S. The highest BCUT2D eigenvalue weighted by atomic mass is 32.2. The summed E-state index contributed by atoms with van der Waals surface area (Å²) in [6, 6.07) is 2.72. The highest BCUT2D eigenvalue weighted by Gasteiger charge is 2.37. The molecule has 0 aliphatic carbocycles. The quantitative estimate of drug-likeness (QED) is 0.856. The van der Waals surface area contributed by atoms with Crippen LogP contribution in [0.3, 0.4) is 0 Å². The van der Waals surface area contributed by atoms with E-state index in [0.717, 1.165) is 22.5 Å². The summed E-state index contributed by atoms with van der Waals surface area (Å²) in [5.74, 6) is -2.28. The highest BCUT2D eigenvalue weighted by Crippen LogP contribution is 2.27. The van der Waals surface area contributed by atoms with Crippen LogP contribution in [0.5, 0.6) is 0 Å². The number of carbonyl (C=O) groups is 1. The van der Waals surface area contributed by atoms with E-state index in [4.69, 9.17) is 0 Å². The molecule has 2 fully saturated rings. The summed E-state index contributed by atoms with van der Waals surface area (Å²) in [6.45, 7) is 1.63. The first kappa shape index (κ1) is 17.2. The monoisotopic (exact) mass is 359 g/mol. The Kier molecular flexibility index (Phi) is 4.84. The molecule has 2 heterocycles. The standard InChI is InChI=1S/C15H19F2N3O3S/c16-12-4-1-5-13(17)15(12)24(22,23)19-7-2-3-11(10-19)20-8-6-18-9-14(20)21/h1,4-5,11,18H,2-3,6-10H2. The molecule has 6 nitrogen and oxygen atoms in total. The average Bonchev–Trinajstić information content (AvgIpc) is 2.55. The Morgan fingerprint density at radius 2 is 1.88 bits per heavy atom. The number of halogens is 2. The molecule has 1 N–H and O–H groups in total. The van der Waals surface area contributed by atoms with Gasteiger partial charge >= 0.3 is 0 Å². The molecule has 1 amide bonds. The molecule has 1 aromatic carbocycles. The molecular weight excluding hydrogens is 340 g/mol. The van der Waals surface area contributed by atoms with Crippen molar-refractivity contribution < 1.29 is 22.0 Å². The van der Waals surface area contributed by atoms with E-state index in [1.165, 1.54) is 0 Å². The third-order valence-electron chi connectivity index (χ3n) is 4.44. The van der Waals surface area contributed by atoms with Crippen LogP contribution in [0.15, 0.2) is 23.1 Å². The van der Waals surface area contributed by atoms with Crippen LogP contribution in [0.25, 0.3) is 0 Å². The highest BCUT2D eigenvalue weighted by molar-refractivity contribution is 7.89. The fraction of sp³-hybridized carbons (Fsp3) is 0.533. The first-order chi connectivity index (χ1) is 11.4. The van der Waals surface area contributed by atoms with Crippen LogP contribution >= 0.6 is 0 Å². The van der Waals surface area contributed by atoms with Gasteiger partial charge in [-0.2, -0.15) is 4.31 Å². The summed E-state index contributed by atoms with van der Waals surface area (Å²) < 4.78 is 54.2. The van der Waals surface area contributed by atoms with E-state index in [0.29, 0.717) is 25.9 Å². The van der Waals surface area contributed by atoms with Crippen molar-refractivity contribution in [3.05, 3.63) is 29.8 Å². The van der Waals surface area contributed by atoms with Crippen molar-refractivity contribution in [3.8, 4) is 0 Å². The molecule has 0 aromatic heterocycles. The van der Waals surface area contributed by atoms with Crippen molar-refractivity contribution >= 4 is 15.9 Å². The van der Waals surface area contributed by atoms with Gasteiger partial charge in [-0.15, -0.1) is 0 Å². The Morgan fingerprint density at radius 1 is 1.17 bits per heavy atom. The number of piperidine rings is 1. The molecule has 0 spiro atoms. The Morgan fingerprint density at radius 3 is 2.54 bits per heavy atom. The molecule has 1 aromatic rings. The topological polar surface area (TPSA) is 69.7 Å². The Bertz CT molecular complexity index is 721.